The lowest BCUT2D eigenvalue weighted by atomic mass is 9.73. The van der Waals surface area contributed by atoms with E-state index in [-0.39, 0.29) is 12.2 Å². The molecule has 1 aromatic rings. The number of aliphatic carboxylic acids is 1. The summed E-state index contributed by atoms with van der Waals surface area (Å²) in [6, 6.07) is 6.25. The number of carboxylic acids is 1. The van der Waals surface area contributed by atoms with E-state index in [1.54, 1.807) is 12.1 Å². The third-order valence-corrected chi connectivity index (χ3v) is 3.28. The molecule has 0 amide bonds. The van der Waals surface area contributed by atoms with Crippen LogP contribution in [0.4, 0.5) is 4.39 Å². The molecule has 2 nitrogen and oxygen atoms in total. The molecule has 3 heteroatoms. The lowest BCUT2D eigenvalue weighted by molar-refractivity contribution is -0.138. The van der Waals surface area contributed by atoms with Crippen LogP contribution in [0.3, 0.4) is 0 Å². The minimum Gasteiger partial charge on any atom is -0.481 e. The molecule has 0 heterocycles. The van der Waals surface area contributed by atoms with Crippen molar-refractivity contribution in [2.24, 2.45) is 0 Å². The summed E-state index contributed by atoms with van der Waals surface area (Å²) in [4.78, 5) is 10.9. The highest BCUT2D eigenvalue weighted by Gasteiger charge is 2.31. The summed E-state index contributed by atoms with van der Waals surface area (Å²) in [5.41, 5.74) is 0.327. The van der Waals surface area contributed by atoms with Crippen molar-refractivity contribution in [2.75, 3.05) is 0 Å². The Morgan fingerprint density at radius 2 is 2.00 bits per heavy atom. The van der Waals surface area contributed by atoms with Crippen molar-refractivity contribution in [1.82, 2.24) is 0 Å². The molecule has 1 rings (SSSR count). The zero-order valence-corrected chi connectivity index (χ0v) is 9.66. The normalized spacial score (nSPS) is 11.4. The molecule has 88 valence electrons. The summed E-state index contributed by atoms with van der Waals surface area (Å²) in [6.07, 6.45) is 1.43. The van der Waals surface area contributed by atoms with E-state index >= 15 is 0 Å². The molecule has 0 aliphatic heterocycles. The van der Waals surface area contributed by atoms with Crippen molar-refractivity contribution in [2.45, 2.75) is 38.5 Å². The molecule has 0 unspecified atom stereocenters. The van der Waals surface area contributed by atoms with Gasteiger partial charge in [-0.15, -0.1) is 0 Å². The van der Waals surface area contributed by atoms with Gasteiger partial charge in [0.05, 0.1) is 6.42 Å². The van der Waals surface area contributed by atoms with Gasteiger partial charge in [0.15, 0.2) is 0 Å². The topological polar surface area (TPSA) is 37.3 Å². The Balaban J connectivity index is 3.14. The SMILES string of the molecule is CCC(CC)(CC(=O)O)c1cccc(F)c1. The van der Waals surface area contributed by atoms with Crippen molar-refractivity contribution in [3.63, 3.8) is 0 Å². The second-order valence-electron chi connectivity index (χ2n) is 4.07. The van der Waals surface area contributed by atoms with Gasteiger partial charge < -0.3 is 5.11 Å². The molecule has 0 radical (unpaired) electrons. The number of benzene rings is 1. The van der Waals surface area contributed by atoms with E-state index in [2.05, 4.69) is 0 Å². The molecule has 1 aromatic carbocycles. The van der Waals surface area contributed by atoms with E-state index < -0.39 is 11.4 Å². The van der Waals surface area contributed by atoms with Crippen LogP contribution in [0, 0.1) is 5.82 Å². The maximum atomic E-state index is 13.2. The first-order chi connectivity index (χ1) is 7.54. The smallest absolute Gasteiger partial charge is 0.304 e. The van der Waals surface area contributed by atoms with Crippen LogP contribution in [0.5, 0.6) is 0 Å². The molecule has 0 aliphatic carbocycles. The second kappa shape index (κ2) is 5.10. The second-order valence-corrected chi connectivity index (χ2v) is 4.07. The van der Waals surface area contributed by atoms with Crippen molar-refractivity contribution in [3.8, 4) is 0 Å². The van der Waals surface area contributed by atoms with E-state index in [4.69, 9.17) is 5.11 Å². The highest BCUT2D eigenvalue weighted by molar-refractivity contribution is 5.69. The van der Waals surface area contributed by atoms with Crippen LogP contribution in [0.25, 0.3) is 0 Å². The van der Waals surface area contributed by atoms with Crippen molar-refractivity contribution in [3.05, 3.63) is 35.6 Å². The van der Waals surface area contributed by atoms with Gasteiger partial charge in [-0.2, -0.15) is 0 Å². The third kappa shape index (κ3) is 2.60. The fraction of sp³-hybridized carbons (Fsp3) is 0.462. The Morgan fingerprint density at radius 1 is 1.38 bits per heavy atom. The molecule has 0 aliphatic rings. The molecule has 0 aromatic heterocycles. The predicted molar refractivity (Wildman–Crippen MR) is 60.9 cm³/mol. The first-order valence-corrected chi connectivity index (χ1v) is 5.52. The number of carboxylic acid groups (broad SMARTS) is 1. The average Bonchev–Trinajstić information content (AvgIpc) is 2.25. The van der Waals surface area contributed by atoms with Crippen LogP contribution in [-0.2, 0) is 10.2 Å². The maximum Gasteiger partial charge on any atom is 0.304 e. The third-order valence-electron chi connectivity index (χ3n) is 3.28. The lowest BCUT2D eigenvalue weighted by Gasteiger charge is -2.30. The standard InChI is InChI=1S/C13H17FO2/c1-3-13(4-2,9-12(15)16)10-6-5-7-11(14)8-10/h5-8H,3-4,9H2,1-2H3,(H,15,16). The van der Waals surface area contributed by atoms with E-state index in [1.165, 1.54) is 12.1 Å². The van der Waals surface area contributed by atoms with Crippen LogP contribution in [-0.4, -0.2) is 11.1 Å². The minimum absolute atomic E-state index is 0.0451. The van der Waals surface area contributed by atoms with Gasteiger partial charge in [-0.25, -0.2) is 4.39 Å². The van der Waals surface area contributed by atoms with Gasteiger partial charge in [0.2, 0.25) is 0 Å². The monoisotopic (exact) mass is 224 g/mol. The van der Waals surface area contributed by atoms with Crippen LogP contribution in [0.1, 0.15) is 38.7 Å². The molecule has 0 bridgehead atoms. The minimum atomic E-state index is -0.840. The number of carbonyl (C=O) groups is 1. The summed E-state index contributed by atoms with van der Waals surface area (Å²) in [5.74, 6) is -1.15. The Morgan fingerprint density at radius 3 is 2.44 bits per heavy atom. The zero-order valence-electron chi connectivity index (χ0n) is 9.66. The van der Waals surface area contributed by atoms with E-state index in [0.29, 0.717) is 12.8 Å². The fourth-order valence-corrected chi connectivity index (χ4v) is 2.12. The summed E-state index contributed by atoms with van der Waals surface area (Å²) >= 11 is 0. The average molecular weight is 224 g/mol. The first kappa shape index (κ1) is 12.7. The Labute approximate surface area is 95.1 Å². The first-order valence-electron chi connectivity index (χ1n) is 5.52. The van der Waals surface area contributed by atoms with Crippen molar-refractivity contribution in [1.29, 1.82) is 0 Å². The van der Waals surface area contributed by atoms with Gasteiger partial charge in [0, 0.05) is 5.41 Å². The summed E-state index contributed by atoms with van der Waals surface area (Å²) < 4.78 is 13.2. The van der Waals surface area contributed by atoms with Gasteiger partial charge in [-0.1, -0.05) is 26.0 Å². The zero-order chi connectivity index (χ0) is 12.2. The van der Waals surface area contributed by atoms with E-state index in [1.807, 2.05) is 13.8 Å². The fourth-order valence-electron chi connectivity index (χ4n) is 2.12. The van der Waals surface area contributed by atoms with Crippen LogP contribution < -0.4 is 0 Å². The van der Waals surface area contributed by atoms with Crippen LogP contribution in [0.15, 0.2) is 24.3 Å². The quantitative estimate of drug-likeness (QED) is 0.832. The molecule has 1 N–H and O–H groups in total. The molecule has 0 saturated heterocycles. The lowest BCUT2D eigenvalue weighted by Crippen LogP contribution is -2.28. The number of hydrogen-bond acceptors (Lipinski definition) is 1. The van der Waals surface area contributed by atoms with E-state index in [9.17, 15) is 9.18 Å². The largest absolute Gasteiger partial charge is 0.481 e. The molecule has 0 atom stereocenters. The summed E-state index contributed by atoms with van der Waals surface area (Å²) in [5, 5.41) is 8.95. The Bertz CT molecular complexity index is 370. The highest BCUT2D eigenvalue weighted by Crippen LogP contribution is 2.35. The number of rotatable bonds is 5. The van der Waals surface area contributed by atoms with Crippen LogP contribution in [0.2, 0.25) is 0 Å². The van der Waals surface area contributed by atoms with Crippen molar-refractivity contribution < 1.29 is 14.3 Å². The Kier molecular flexibility index (Phi) is 4.05. The molecule has 0 fully saturated rings. The number of halogens is 1. The molecule has 0 saturated carbocycles. The molecule has 0 spiro atoms. The maximum absolute atomic E-state index is 13.2. The Hall–Kier alpha value is -1.38. The van der Waals surface area contributed by atoms with Gasteiger partial charge in [0.1, 0.15) is 5.82 Å². The van der Waals surface area contributed by atoms with Crippen LogP contribution >= 0.6 is 0 Å². The summed E-state index contributed by atoms with van der Waals surface area (Å²) in [7, 11) is 0. The highest BCUT2D eigenvalue weighted by atomic mass is 19.1. The molecular formula is C13H17FO2. The summed E-state index contributed by atoms with van der Waals surface area (Å²) in [6.45, 7) is 3.88. The predicted octanol–water partition coefficient (Wildman–Crippen LogP) is 3.36. The van der Waals surface area contributed by atoms with E-state index in [0.717, 1.165) is 5.56 Å². The van der Waals surface area contributed by atoms with Gasteiger partial charge in [-0.05, 0) is 30.5 Å². The van der Waals surface area contributed by atoms with Gasteiger partial charge >= 0.3 is 5.97 Å². The van der Waals surface area contributed by atoms with Gasteiger partial charge in [0.25, 0.3) is 0 Å². The molecular weight excluding hydrogens is 207 g/mol. The molecule has 16 heavy (non-hydrogen) atoms. The van der Waals surface area contributed by atoms with Crippen molar-refractivity contribution >= 4 is 5.97 Å². The number of hydrogen-bond donors (Lipinski definition) is 1. The van der Waals surface area contributed by atoms with Gasteiger partial charge in [-0.3, -0.25) is 4.79 Å².